The van der Waals surface area contributed by atoms with Crippen LogP contribution in [0.3, 0.4) is 0 Å². The van der Waals surface area contributed by atoms with Crippen LogP contribution in [0.25, 0.3) is 0 Å². The number of halogens is 4. The zero-order valence-electron chi connectivity index (χ0n) is 4.58. The summed E-state index contributed by atoms with van der Waals surface area (Å²) in [5.41, 5.74) is 0. The molecule has 0 amide bonds. The average molecular weight is 574 g/mol. The summed E-state index contributed by atoms with van der Waals surface area (Å²) in [4.78, 5) is 0. The third-order valence-electron chi connectivity index (χ3n) is 1.51. The van der Waals surface area contributed by atoms with Crippen LogP contribution < -0.4 is 0 Å². The summed E-state index contributed by atoms with van der Waals surface area (Å²) in [6.07, 6.45) is 2.81. The Bertz CT molecular complexity index is 99.5. The summed E-state index contributed by atoms with van der Waals surface area (Å²) < 4.78 is 2.27. The normalized spacial score (nSPS) is 41.3. The molecule has 0 radical (unpaired) electrons. The van der Waals surface area contributed by atoms with Gasteiger partial charge in [-0.1, -0.05) is 90.4 Å². The minimum Gasteiger partial charge on any atom is -0.0803 e. The predicted molar refractivity (Wildman–Crippen MR) is 75.6 cm³/mol. The molecule has 9 heavy (non-hydrogen) atoms. The molecule has 2 unspecified atom stereocenters. The molecule has 1 fully saturated rings. The Balaban J connectivity index is 2.66. The van der Waals surface area contributed by atoms with Crippen molar-refractivity contribution >= 4 is 90.4 Å². The zero-order chi connectivity index (χ0) is 7.07. The lowest BCUT2D eigenvalue weighted by Crippen LogP contribution is -2.24. The molecule has 1 rings (SSSR count). The van der Waals surface area contributed by atoms with Crippen molar-refractivity contribution < 1.29 is 0 Å². The minimum absolute atomic E-state index is 0.524. The van der Waals surface area contributed by atoms with Gasteiger partial charge in [-0.05, 0) is 12.8 Å². The molecule has 54 valence electrons. The van der Waals surface area contributed by atoms with E-state index in [1.165, 1.54) is 12.8 Å². The lowest BCUT2D eigenvalue weighted by molar-refractivity contribution is 0.926. The smallest absolute Gasteiger partial charge is 0.0803 e. The number of hydrogen-bond acceptors (Lipinski definition) is 0. The highest BCUT2D eigenvalue weighted by atomic mass is 127. The quantitative estimate of drug-likeness (QED) is 0.304. The van der Waals surface area contributed by atoms with Crippen LogP contribution in [0.4, 0.5) is 0 Å². The maximum Gasteiger partial charge on any atom is 0.0968 e. The Kier molecular flexibility index (Phi) is 4.17. The van der Waals surface area contributed by atoms with Gasteiger partial charge in [0, 0.05) is 7.85 Å². The van der Waals surface area contributed by atoms with E-state index in [4.69, 9.17) is 0 Å². The summed E-state index contributed by atoms with van der Waals surface area (Å²) in [6.45, 7) is 0. The molecular formula is C5H6I4. The van der Waals surface area contributed by atoms with Crippen molar-refractivity contribution in [2.24, 2.45) is 0 Å². The topological polar surface area (TPSA) is 0 Å². The Labute approximate surface area is 110 Å². The fourth-order valence-electron chi connectivity index (χ4n) is 0.874. The molecule has 1 saturated carbocycles. The van der Waals surface area contributed by atoms with Gasteiger partial charge in [-0.25, -0.2) is 0 Å². The summed E-state index contributed by atoms with van der Waals surface area (Å²) in [7, 11) is 0. The van der Waals surface area contributed by atoms with Gasteiger partial charge >= 0.3 is 0 Å². The molecule has 0 nitrogen and oxygen atoms in total. The predicted octanol–water partition coefficient (Wildman–Crippen LogP) is 3.95. The second-order valence-electron chi connectivity index (χ2n) is 2.19. The minimum atomic E-state index is 0.524. The Hall–Kier alpha value is 2.92. The first-order valence-electron chi connectivity index (χ1n) is 2.71. The van der Waals surface area contributed by atoms with Crippen LogP contribution in [-0.4, -0.2) is 9.28 Å². The van der Waals surface area contributed by atoms with Crippen molar-refractivity contribution in [1.29, 1.82) is 0 Å². The highest BCUT2D eigenvalue weighted by Crippen LogP contribution is 2.51. The third kappa shape index (κ3) is 2.19. The van der Waals surface area contributed by atoms with Gasteiger partial charge in [0.25, 0.3) is 0 Å². The van der Waals surface area contributed by atoms with Crippen LogP contribution in [0.5, 0.6) is 0 Å². The van der Waals surface area contributed by atoms with Gasteiger partial charge in [-0.3, -0.25) is 0 Å². The molecule has 0 aromatic heterocycles. The molecule has 0 aromatic carbocycles. The van der Waals surface area contributed by atoms with E-state index in [1.807, 2.05) is 0 Å². The standard InChI is InChI=1S/C5H6I4/c6-3-1-2-4(7)5(3,8)9/h3-4H,1-2H2. The first-order chi connectivity index (χ1) is 4.05. The van der Waals surface area contributed by atoms with Gasteiger partial charge in [0.1, 0.15) is 0 Å². The van der Waals surface area contributed by atoms with Gasteiger partial charge in [0.15, 0.2) is 0 Å². The summed E-state index contributed by atoms with van der Waals surface area (Å²) in [5.74, 6) is 0. The Morgan fingerprint density at radius 1 is 1.00 bits per heavy atom. The van der Waals surface area contributed by atoms with Gasteiger partial charge in [0.2, 0.25) is 0 Å². The van der Waals surface area contributed by atoms with Crippen molar-refractivity contribution in [1.82, 2.24) is 0 Å². The lowest BCUT2D eigenvalue weighted by Gasteiger charge is -2.21. The first-order valence-corrected chi connectivity index (χ1v) is 7.36. The van der Waals surface area contributed by atoms with Crippen molar-refractivity contribution in [2.75, 3.05) is 0 Å². The van der Waals surface area contributed by atoms with Gasteiger partial charge in [-0.15, -0.1) is 0 Å². The van der Waals surface area contributed by atoms with Crippen LogP contribution in [0, 0.1) is 0 Å². The molecular weight excluding hydrogens is 568 g/mol. The maximum absolute atomic E-state index is 2.59. The monoisotopic (exact) mass is 574 g/mol. The van der Waals surface area contributed by atoms with Crippen LogP contribution in [0.2, 0.25) is 0 Å². The lowest BCUT2D eigenvalue weighted by atomic mass is 10.4. The van der Waals surface area contributed by atoms with Crippen molar-refractivity contribution in [2.45, 2.75) is 22.1 Å². The molecule has 2 atom stereocenters. The van der Waals surface area contributed by atoms with E-state index in [0.717, 1.165) is 7.85 Å². The number of hydrogen-bond donors (Lipinski definition) is 0. The van der Waals surface area contributed by atoms with E-state index >= 15 is 0 Å². The molecule has 0 bridgehead atoms. The van der Waals surface area contributed by atoms with Crippen molar-refractivity contribution in [3.05, 3.63) is 0 Å². The molecule has 0 saturated heterocycles. The van der Waals surface area contributed by atoms with Crippen LogP contribution in [-0.2, 0) is 0 Å². The van der Waals surface area contributed by atoms with Crippen molar-refractivity contribution in [3.8, 4) is 0 Å². The molecule has 0 heterocycles. The second kappa shape index (κ2) is 3.75. The number of rotatable bonds is 0. The molecule has 0 spiro atoms. The Morgan fingerprint density at radius 2 is 1.33 bits per heavy atom. The summed E-state index contributed by atoms with van der Waals surface area (Å²) in [6, 6.07) is 0. The highest BCUT2D eigenvalue weighted by molar-refractivity contribution is 14.2. The molecule has 0 aliphatic heterocycles. The van der Waals surface area contributed by atoms with E-state index in [-0.39, 0.29) is 0 Å². The van der Waals surface area contributed by atoms with Crippen molar-refractivity contribution in [3.63, 3.8) is 0 Å². The largest absolute Gasteiger partial charge is 0.0968 e. The van der Waals surface area contributed by atoms with E-state index in [1.54, 1.807) is 0 Å². The third-order valence-corrected chi connectivity index (χ3v) is 12.5. The molecule has 1 aliphatic carbocycles. The van der Waals surface area contributed by atoms with Gasteiger partial charge in [-0.2, -0.15) is 0 Å². The summed E-state index contributed by atoms with van der Waals surface area (Å²) in [5, 5.41) is 0. The first kappa shape index (κ1) is 10.0. The van der Waals surface area contributed by atoms with E-state index in [2.05, 4.69) is 90.4 Å². The van der Waals surface area contributed by atoms with Gasteiger partial charge in [0.05, 0.1) is 1.43 Å². The van der Waals surface area contributed by atoms with Gasteiger partial charge < -0.3 is 0 Å². The van der Waals surface area contributed by atoms with Crippen LogP contribution >= 0.6 is 90.4 Å². The Morgan fingerprint density at radius 3 is 1.44 bits per heavy atom. The molecule has 4 heteroatoms. The summed E-state index contributed by atoms with van der Waals surface area (Å²) >= 11 is 10.3. The average Bonchev–Trinajstić information content (AvgIpc) is 1.96. The van der Waals surface area contributed by atoms with Crippen LogP contribution in [0.15, 0.2) is 0 Å². The van der Waals surface area contributed by atoms with E-state index in [0.29, 0.717) is 1.43 Å². The second-order valence-corrected chi connectivity index (χ2v) is 10.8. The fraction of sp³-hybridized carbons (Fsp3) is 1.00. The zero-order valence-corrected chi connectivity index (χ0v) is 13.2. The van der Waals surface area contributed by atoms with E-state index in [9.17, 15) is 0 Å². The fourth-order valence-corrected chi connectivity index (χ4v) is 4.39. The van der Waals surface area contributed by atoms with E-state index < -0.39 is 0 Å². The SMILES string of the molecule is IC1CCC(I)C1(I)I. The molecule has 0 N–H and O–H groups in total. The molecule has 0 aromatic rings. The highest BCUT2D eigenvalue weighted by Gasteiger charge is 2.43. The molecule has 1 aliphatic rings. The van der Waals surface area contributed by atoms with Crippen LogP contribution in [0.1, 0.15) is 12.8 Å². The number of alkyl halides is 4. The maximum atomic E-state index is 2.59.